The summed E-state index contributed by atoms with van der Waals surface area (Å²) in [4.78, 5) is 15.3. The van der Waals surface area contributed by atoms with Gasteiger partial charge in [0.15, 0.2) is 0 Å². The molecule has 1 saturated heterocycles. The van der Waals surface area contributed by atoms with Crippen LogP contribution in [-0.4, -0.2) is 51.0 Å². The Morgan fingerprint density at radius 2 is 1.91 bits per heavy atom. The van der Waals surface area contributed by atoms with Crippen LogP contribution in [-0.2, 0) is 15.7 Å². The molecule has 5 rings (SSSR count). The van der Waals surface area contributed by atoms with Crippen molar-refractivity contribution in [1.29, 1.82) is 0 Å². The SMILES string of the molecule is COc1ccc(-c2cc3c4c(c2)[C@@H]2CNCC(C(=O)OC(C)(C)C)[C@H]2N4CCO3)c(C(F)(F)F)c1. The highest BCUT2D eigenvalue weighted by Crippen LogP contribution is 2.53. The molecule has 2 aromatic carbocycles. The number of rotatable bonds is 3. The van der Waals surface area contributed by atoms with E-state index < -0.39 is 23.3 Å². The highest BCUT2D eigenvalue weighted by molar-refractivity contribution is 5.83. The number of ether oxygens (including phenoxy) is 3. The summed E-state index contributed by atoms with van der Waals surface area (Å²) >= 11 is 0. The summed E-state index contributed by atoms with van der Waals surface area (Å²) in [7, 11) is 1.34. The van der Waals surface area contributed by atoms with Gasteiger partial charge in [-0.1, -0.05) is 6.07 Å². The molecule has 1 fully saturated rings. The number of halogens is 3. The molecule has 35 heavy (non-hydrogen) atoms. The number of piperidine rings is 1. The summed E-state index contributed by atoms with van der Waals surface area (Å²) in [5.41, 5.74) is 0.881. The molecule has 3 heterocycles. The lowest BCUT2D eigenvalue weighted by Gasteiger charge is -2.41. The minimum Gasteiger partial charge on any atom is -0.497 e. The molecule has 3 atom stereocenters. The summed E-state index contributed by atoms with van der Waals surface area (Å²) in [6.45, 7) is 7.63. The third kappa shape index (κ3) is 4.20. The van der Waals surface area contributed by atoms with E-state index in [0.717, 1.165) is 17.3 Å². The molecular formula is C26H29F3N2O4. The Morgan fingerprint density at radius 1 is 1.14 bits per heavy atom. The first-order chi connectivity index (χ1) is 16.5. The maximum Gasteiger partial charge on any atom is 0.417 e. The lowest BCUT2D eigenvalue weighted by atomic mass is 9.82. The molecule has 0 saturated carbocycles. The van der Waals surface area contributed by atoms with E-state index in [0.29, 0.717) is 37.6 Å². The van der Waals surface area contributed by atoms with Gasteiger partial charge in [-0.3, -0.25) is 4.79 Å². The number of anilines is 1. The number of carbonyl (C=O) groups excluding carboxylic acids is 1. The molecule has 0 spiro atoms. The number of hydrogen-bond acceptors (Lipinski definition) is 6. The minimum atomic E-state index is -4.55. The summed E-state index contributed by atoms with van der Waals surface area (Å²) in [5, 5.41) is 3.34. The van der Waals surface area contributed by atoms with Crippen molar-refractivity contribution in [1.82, 2.24) is 5.32 Å². The van der Waals surface area contributed by atoms with E-state index in [2.05, 4.69) is 10.2 Å². The molecule has 3 aliphatic heterocycles. The standard InChI is InChI=1S/C26H29F3N2O4/c1-25(2,3)35-24(32)19-13-30-12-18-17-9-14(10-21-23(17)31(22(18)19)7-8-34-21)16-6-5-15(33-4)11-20(16)26(27,28)29/h5-6,9-11,18-19,22,30H,7-8,12-13H2,1-4H3/t18-,19?,22-/m0/s1. The fourth-order valence-corrected chi connectivity index (χ4v) is 5.53. The molecule has 2 aromatic rings. The Morgan fingerprint density at radius 3 is 2.60 bits per heavy atom. The molecule has 9 heteroatoms. The van der Waals surface area contributed by atoms with Crippen LogP contribution < -0.4 is 19.7 Å². The van der Waals surface area contributed by atoms with Crippen molar-refractivity contribution in [2.24, 2.45) is 5.92 Å². The van der Waals surface area contributed by atoms with E-state index in [-0.39, 0.29) is 29.2 Å². The van der Waals surface area contributed by atoms with Crippen molar-refractivity contribution in [3.05, 3.63) is 41.5 Å². The van der Waals surface area contributed by atoms with Crippen LogP contribution in [0.25, 0.3) is 11.1 Å². The normalized spacial score (nSPS) is 23.3. The number of fused-ring (bicyclic) bond motifs is 3. The van der Waals surface area contributed by atoms with Crippen molar-refractivity contribution < 1.29 is 32.2 Å². The van der Waals surface area contributed by atoms with Crippen molar-refractivity contribution in [2.75, 3.05) is 38.3 Å². The third-order valence-electron chi connectivity index (χ3n) is 6.85. The van der Waals surface area contributed by atoms with Gasteiger partial charge in [0.05, 0.1) is 36.9 Å². The van der Waals surface area contributed by atoms with E-state index in [9.17, 15) is 18.0 Å². The largest absolute Gasteiger partial charge is 0.497 e. The average molecular weight is 491 g/mol. The van der Waals surface area contributed by atoms with Crippen LogP contribution >= 0.6 is 0 Å². The van der Waals surface area contributed by atoms with E-state index >= 15 is 0 Å². The highest BCUT2D eigenvalue weighted by Gasteiger charge is 2.50. The van der Waals surface area contributed by atoms with Gasteiger partial charge < -0.3 is 24.4 Å². The first-order valence-corrected chi connectivity index (χ1v) is 11.7. The predicted molar refractivity (Wildman–Crippen MR) is 125 cm³/mol. The van der Waals surface area contributed by atoms with Gasteiger partial charge in [0.1, 0.15) is 23.7 Å². The minimum absolute atomic E-state index is 0.0639. The summed E-state index contributed by atoms with van der Waals surface area (Å²) in [6.07, 6.45) is -4.55. The molecule has 188 valence electrons. The predicted octanol–water partition coefficient (Wildman–Crippen LogP) is 4.61. The molecule has 0 bridgehead atoms. The number of nitrogens with zero attached hydrogens (tertiary/aromatic N) is 1. The molecule has 0 aliphatic carbocycles. The molecule has 0 aromatic heterocycles. The molecule has 0 amide bonds. The van der Waals surface area contributed by atoms with Gasteiger partial charge >= 0.3 is 12.1 Å². The number of esters is 1. The topological polar surface area (TPSA) is 60.0 Å². The second-order valence-corrected chi connectivity index (χ2v) is 10.3. The smallest absolute Gasteiger partial charge is 0.417 e. The van der Waals surface area contributed by atoms with Crippen LogP contribution in [0.4, 0.5) is 18.9 Å². The zero-order chi connectivity index (χ0) is 25.1. The highest BCUT2D eigenvalue weighted by atomic mass is 19.4. The number of methoxy groups -OCH3 is 1. The van der Waals surface area contributed by atoms with Gasteiger partial charge in [-0.2, -0.15) is 13.2 Å². The quantitative estimate of drug-likeness (QED) is 0.635. The van der Waals surface area contributed by atoms with Gasteiger partial charge in [0.2, 0.25) is 0 Å². The Kier molecular flexibility index (Phi) is 5.66. The van der Waals surface area contributed by atoms with Crippen molar-refractivity contribution in [2.45, 2.75) is 44.5 Å². The first kappa shape index (κ1) is 23.8. The molecule has 3 aliphatic rings. The van der Waals surface area contributed by atoms with E-state index in [1.807, 2.05) is 26.8 Å². The number of carbonyl (C=O) groups is 1. The lowest BCUT2D eigenvalue weighted by Crippen LogP contribution is -2.55. The molecule has 0 radical (unpaired) electrons. The van der Waals surface area contributed by atoms with Gasteiger partial charge in [-0.05, 0) is 61.7 Å². The van der Waals surface area contributed by atoms with Crippen molar-refractivity contribution >= 4 is 11.7 Å². The van der Waals surface area contributed by atoms with Gasteiger partial charge in [0, 0.05) is 19.0 Å². The number of hydrogen-bond donors (Lipinski definition) is 1. The molecule has 6 nitrogen and oxygen atoms in total. The zero-order valence-electron chi connectivity index (χ0n) is 20.2. The number of nitrogens with one attached hydrogen (secondary N) is 1. The van der Waals surface area contributed by atoms with Gasteiger partial charge in [-0.15, -0.1) is 0 Å². The van der Waals surface area contributed by atoms with Crippen LogP contribution in [0.2, 0.25) is 0 Å². The fraction of sp³-hybridized carbons (Fsp3) is 0.500. The Balaban J connectivity index is 1.60. The third-order valence-corrected chi connectivity index (χ3v) is 6.85. The number of alkyl halides is 3. The average Bonchev–Trinajstić information content (AvgIpc) is 3.12. The second kappa shape index (κ2) is 8.33. The monoisotopic (exact) mass is 490 g/mol. The summed E-state index contributed by atoms with van der Waals surface area (Å²) in [6, 6.07) is 7.34. The second-order valence-electron chi connectivity index (χ2n) is 10.3. The van der Waals surface area contributed by atoms with E-state index in [4.69, 9.17) is 14.2 Å². The fourth-order valence-electron chi connectivity index (χ4n) is 5.53. The summed E-state index contributed by atoms with van der Waals surface area (Å²) < 4.78 is 58.6. The molecule has 1 unspecified atom stereocenters. The Hall–Kier alpha value is -2.94. The van der Waals surface area contributed by atoms with Crippen LogP contribution in [0.15, 0.2) is 30.3 Å². The first-order valence-electron chi connectivity index (χ1n) is 11.7. The van der Waals surface area contributed by atoms with Crippen LogP contribution in [0, 0.1) is 5.92 Å². The Labute approximate surface area is 202 Å². The van der Waals surface area contributed by atoms with E-state index in [1.54, 1.807) is 6.07 Å². The maximum atomic E-state index is 14.0. The zero-order valence-corrected chi connectivity index (χ0v) is 20.2. The van der Waals surface area contributed by atoms with Crippen molar-refractivity contribution in [3.63, 3.8) is 0 Å². The van der Waals surface area contributed by atoms with Crippen LogP contribution in [0.5, 0.6) is 11.5 Å². The van der Waals surface area contributed by atoms with Crippen LogP contribution in [0.3, 0.4) is 0 Å². The molecular weight excluding hydrogens is 461 g/mol. The van der Waals surface area contributed by atoms with Crippen molar-refractivity contribution in [3.8, 4) is 22.6 Å². The summed E-state index contributed by atoms with van der Waals surface area (Å²) in [5.74, 6) is -0.0613. The Bertz CT molecular complexity index is 1160. The van der Waals surface area contributed by atoms with Gasteiger partial charge in [0.25, 0.3) is 0 Å². The molecule has 1 N–H and O–H groups in total. The number of benzene rings is 2. The van der Waals surface area contributed by atoms with Crippen LogP contribution in [0.1, 0.15) is 37.8 Å². The van der Waals surface area contributed by atoms with Gasteiger partial charge in [-0.25, -0.2) is 0 Å². The lowest BCUT2D eigenvalue weighted by molar-refractivity contribution is -0.161. The maximum absolute atomic E-state index is 14.0. The van der Waals surface area contributed by atoms with E-state index in [1.165, 1.54) is 19.2 Å².